The summed E-state index contributed by atoms with van der Waals surface area (Å²) in [5.74, 6) is 0. The summed E-state index contributed by atoms with van der Waals surface area (Å²) in [5.41, 5.74) is 9.22. The van der Waals surface area contributed by atoms with Gasteiger partial charge in [-0.2, -0.15) is 0 Å². The van der Waals surface area contributed by atoms with E-state index in [1.165, 1.54) is 5.56 Å². The van der Waals surface area contributed by atoms with Gasteiger partial charge in [-0.15, -0.1) is 0 Å². The van der Waals surface area contributed by atoms with Crippen LogP contribution in [0.4, 0.5) is 16.2 Å². The second kappa shape index (κ2) is 4.08. The van der Waals surface area contributed by atoms with Gasteiger partial charge in [-0.05, 0) is 18.6 Å². The Morgan fingerprint density at radius 1 is 1.39 bits per heavy atom. The lowest BCUT2D eigenvalue weighted by Gasteiger charge is -2.38. The maximum Gasteiger partial charge on any atom is 0.317 e. The number of aryl methyl sites for hydroxylation is 1. The van der Waals surface area contributed by atoms with Crippen molar-refractivity contribution in [2.45, 2.75) is 13.0 Å². The highest BCUT2D eigenvalue weighted by Gasteiger charge is 2.36. The van der Waals surface area contributed by atoms with Gasteiger partial charge in [0.1, 0.15) is 0 Å². The third-order valence-corrected chi connectivity index (χ3v) is 3.82. The average Bonchev–Trinajstić information content (AvgIpc) is 2.71. The fourth-order valence-corrected chi connectivity index (χ4v) is 2.92. The second-order valence-corrected chi connectivity index (χ2v) is 4.99. The number of benzene rings is 1. The van der Waals surface area contributed by atoms with Crippen LogP contribution in [0.5, 0.6) is 0 Å². The van der Waals surface area contributed by atoms with E-state index >= 15 is 0 Å². The number of fused-ring (bicyclic) bond motifs is 1. The van der Waals surface area contributed by atoms with Crippen molar-refractivity contribution < 1.29 is 4.79 Å². The largest absolute Gasteiger partial charge is 0.397 e. The number of nitrogens with one attached hydrogen (secondary N) is 1. The van der Waals surface area contributed by atoms with E-state index < -0.39 is 0 Å². The molecule has 5 heteroatoms. The number of nitrogen functional groups attached to an aromatic ring is 1. The molecule has 1 aromatic carbocycles. The monoisotopic (exact) mass is 246 g/mol. The molecule has 5 nitrogen and oxygen atoms in total. The molecular weight excluding hydrogens is 228 g/mol. The average molecular weight is 246 g/mol. The molecular formula is C13H18N4O. The molecule has 3 N–H and O–H groups in total. The maximum atomic E-state index is 11.6. The number of piperazine rings is 1. The third-order valence-electron chi connectivity index (χ3n) is 3.82. The molecule has 0 radical (unpaired) electrons. The van der Waals surface area contributed by atoms with Crippen LogP contribution in [-0.2, 0) is 0 Å². The molecule has 1 unspecified atom stereocenters. The van der Waals surface area contributed by atoms with Crippen molar-refractivity contribution in [3.63, 3.8) is 0 Å². The van der Waals surface area contributed by atoms with Gasteiger partial charge >= 0.3 is 6.03 Å². The predicted octanol–water partition coefficient (Wildman–Crippen LogP) is 0.791. The lowest BCUT2D eigenvalue weighted by atomic mass is 10.1. The lowest BCUT2D eigenvalue weighted by molar-refractivity contribution is 0.197. The summed E-state index contributed by atoms with van der Waals surface area (Å²) >= 11 is 0. The van der Waals surface area contributed by atoms with E-state index in [1.807, 2.05) is 17.0 Å². The minimum atomic E-state index is 0.0670. The SMILES string of the molecule is Cc1cccc(N)c1N1CCN2C(=O)NCC2C1. The third kappa shape index (κ3) is 1.66. The van der Waals surface area contributed by atoms with Crippen molar-refractivity contribution in [2.75, 3.05) is 36.8 Å². The topological polar surface area (TPSA) is 61.6 Å². The van der Waals surface area contributed by atoms with E-state index in [2.05, 4.69) is 23.2 Å². The number of nitrogens with zero attached hydrogens (tertiary/aromatic N) is 2. The van der Waals surface area contributed by atoms with Gasteiger partial charge in [0, 0.05) is 26.2 Å². The number of carbonyl (C=O) groups excluding carboxylic acids is 1. The molecule has 96 valence electrons. The summed E-state index contributed by atoms with van der Waals surface area (Å²) in [7, 11) is 0. The predicted molar refractivity (Wildman–Crippen MR) is 71.7 cm³/mol. The van der Waals surface area contributed by atoms with E-state index in [4.69, 9.17) is 5.73 Å². The van der Waals surface area contributed by atoms with Crippen molar-refractivity contribution in [2.24, 2.45) is 0 Å². The van der Waals surface area contributed by atoms with Gasteiger partial charge in [-0.25, -0.2) is 4.79 Å². The Bertz CT molecular complexity index is 468. The van der Waals surface area contributed by atoms with Crippen LogP contribution in [0, 0.1) is 6.92 Å². The highest BCUT2D eigenvalue weighted by Crippen LogP contribution is 2.29. The minimum Gasteiger partial charge on any atom is -0.397 e. The lowest BCUT2D eigenvalue weighted by Crippen LogP contribution is -2.52. The molecule has 2 saturated heterocycles. The molecule has 2 fully saturated rings. The zero-order valence-corrected chi connectivity index (χ0v) is 10.5. The molecule has 1 aromatic rings. The highest BCUT2D eigenvalue weighted by molar-refractivity contribution is 5.78. The molecule has 3 rings (SSSR count). The van der Waals surface area contributed by atoms with Crippen LogP contribution in [-0.4, -0.2) is 43.2 Å². The number of anilines is 2. The van der Waals surface area contributed by atoms with Crippen LogP contribution in [0.15, 0.2) is 18.2 Å². The normalized spacial score (nSPS) is 22.9. The van der Waals surface area contributed by atoms with Crippen molar-refractivity contribution in [1.82, 2.24) is 10.2 Å². The van der Waals surface area contributed by atoms with Gasteiger partial charge in [-0.3, -0.25) is 0 Å². The summed E-state index contributed by atoms with van der Waals surface area (Å²) in [6.45, 7) is 5.29. The quantitative estimate of drug-likeness (QED) is 0.720. The summed E-state index contributed by atoms with van der Waals surface area (Å²) < 4.78 is 0. The van der Waals surface area contributed by atoms with Crippen molar-refractivity contribution in [1.29, 1.82) is 0 Å². The van der Waals surface area contributed by atoms with Crippen LogP contribution in [0.25, 0.3) is 0 Å². The fraction of sp³-hybridized carbons (Fsp3) is 0.462. The first-order valence-corrected chi connectivity index (χ1v) is 6.31. The van der Waals surface area contributed by atoms with Crippen LogP contribution in [0.1, 0.15) is 5.56 Å². The van der Waals surface area contributed by atoms with Crippen LogP contribution in [0.3, 0.4) is 0 Å². The molecule has 0 aromatic heterocycles. The van der Waals surface area contributed by atoms with E-state index in [1.54, 1.807) is 0 Å². The van der Waals surface area contributed by atoms with E-state index in [0.717, 1.165) is 37.6 Å². The Labute approximate surface area is 107 Å². The van der Waals surface area contributed by atoms with Crippen molar-refractivity contribution in [3.8, 4) is 0 Å². The molecule has 2 aliphatic heterocycles. The fourth-order valence-electron chi connectivity index (χ4n) is 2.92. The number of rotatable bonds is 1. The zero-order valence-electron chi connectivity index (χ0n) is 10.5. The maximum absolute atomic E-state index is 11.6. The molecule has 1 atom stereocenters. The van der Waals surface area contributed by atoms with Gasteiger partial charge < -0.3 is 20.9 Å². The van der Waals surface area contributed by atoms with Crippen LogP contribution in [0.2, 0.25) is 0 Å². The van der Waals surface area contributed by atoms with E-state index in [-0.39, 0.29) is 12.1 Å². The summed E-state index contributed by atoms with van der Waals surface area (Å²) in [6.07, 6.45) is 0. The first-order valence-electron chi connectivity index (χ1n) is 6.31. The number of urea groups is 1. The molecule has 2 aliphatic rings. The van der Waals surface area contributed by atoms with Gasteiger partial charge in [0.15, 0.2) is 0 Å². The molecule has 2 heterocycles. The van der Waals surface area contributed by atoms with Gasteiger partial charge in [0.25, 0.3) is 0 Å². The van der Waals surface area contributed by atoms with Gasteiger partial charge in [0.2, 0.25) is 0 Å². The van der Waals surface area contributed by atoms with Gasteiger partial charge in [-0.1, -0.05) is 12.1 Å². The Balaban J connectivity index is 1.85. The van der Waals surface area contributed by atoms with Crippen molar-refractivity contribution in [3.05, 3.63) is 23.8 Å². The zero-order chi connectivity index (χ0) is 12.7. The van der Waals surface area contributed by atoms with Crippen LogP contribution >= 0.6 is 0 Å². The summed E-state index contributed by atoms with van der Waals surface area (Å²) in [4.78, 5) is 15.8. The second-order valence-electron chi connectivity index (χ2n) is 4.99. The number of hydrogen-bond donors (Lipinski definition) is 2. The van der Waals surface area contributed by atoms with Crippen molar-refractivity contribution >= 4 is 17.4 Å². The van der Waals surface area contributed by atoms with E-state index in [9.17, 15) is 4.79 Å². The number of amides is 2. The summed E-state index contributed by atoms with van der Waals surface area (Å²) in [6, 6.07) is 6.33. The standard InChI is InChI=1S/C13H18N4O/c1-9-3-2-4-11(14)12(9)16-5-6-17-10(8-16)7-15-13(17)18/h2-4,10H,5-8,14H2,1H3,(H,15,18). The molecule has 2 amide bonds. The molecule has 0 aliphatic carbocycles. The number of nitrogens with two attached hydrogens (primary N) is 1. The Hall–Kier alpha value is -1.91. The molecule has 0 bridgehead atoms. The smallest absolute Gasteiger partial charge is 0.317 e. The highest BCUT2D eigenvalue weighted by atomic mass is 16.2. The number of hydrogen-bond acceptors (Lipinski definition) is 3. The Kier molecular flexibility index (Phi) is 2.54. The van der Waals surface area contributed by atoms with E-state index in [0.29, 0.717) is 0 Å². The first-order chi connectivity index (χ1) is 8.66. The Morgan fingerprint density at radius 2 is 2.22 bits per heavy atom. The van der Waals surface area contributed by atoms with Crippen LogP contribution < -0.4 is 16.0 Å². The first kappa shape index (κ1) is 11.2. The molecule has 0 saturated carbocycles. The summed E-state index contributed by atoms with van der Waals surface area (Å²) in [5, 5.41) is 2.89. The minimum absolute atomic E-state index is 0.0670. The molecule has 18 heavy (non-hydrogen) atoms. The van der Waals surface area contributed by atoms with Gasteiger partial charge in [0.05, 0.1) is 17.4 Å². The number of para-hydroxylation sites is 1. The Morgan fingerprint density at radius 3 is 3.00 bits per heavy atom. The number of carbonyl (C=O) groups is 1. The molecule has 0 spiro atoms.